The number of anilines is 1. The molecule has 0 aliphatic carbocycles. The number of carbonyl (C=O) groups excluding carboxylic acids is 2. The fourth-order valence-electron chi connectivity index (χ4n) is 4.17. The highest BCUT2D eigenvalue weighted by molar-refractivity contribution is 6.51. The minimum Gasteiger partial charge on any atom is -0.507 e. The molecule has 1 fully saturated rings. The summed E-state index contributed by atoms with van der Waals surface area (Å²) in [5.41, 5.74) is 1.17. The van der Waals surface area contributed by atoms with Crippen LogP contribution in [0.3, 0.4) is 0 Å². The van der Waals surface area contributed by atoms with E-state index in [1.807, 2.05) is 6.07 Å². The van der Waals surface area contributed by atoms with Crippen LogP contribution in [0.25, 0.3) is 5.76 Å². The molecule has 36 heavy (non-hydrogen) atoms. The number of aliphatic hydroxyl groups is 1. The normalized spacial score (nSPS) is 16.5. The molecule has 3 aromatic carbocycles. The fraction of sp³-hybridized carbons (Fsp3) is 0.148. The van der Waals surface area contributed by atoms with Crippen molar-refractivity contribution in [1.82, 2.24) is 0 Å². The van der Waals surface area contributed by atoms with Gasteiger partial charge in [-0.25, -0.2) is 0 Å². The molecular formula is C27H21ClN2O6. The van der Waals surface area contributed by atoms with Crippen LogP contribution in [0.15, 0.2) is 66.2 Å². The van der Waals surface area contributed by atoms with Gasteiger partial charge in [0.1, 0.15) is 23.0 Å². The van der Waals surface area contributed by atoms with Crippen molar-refractivity contribution in [3.63, 3.8) is 0 Å². The highest BCUT2D eigenvalue weighted by Gasteiger charge is 2.48. The van der Waals surface area contributed by atoms with Gasteiger partial charge < -0.3 is 19.3 Å². The number of carbonyl (C=O) groups is 2. The van der Waals surface area contributed by atoms with Crippen molar-refractivity contribution in [1.29, 1.82) is 5.26 Å². The van der Waals surface area contributed by atoms with Crippen LogP contribution in [0.2, 0.25) is 5.02 Å². The molecule has 9 heteroatoms. The Labute approximate surface area is 212 Å². The van der Waals surface area contributed by atoms with Gasteiger partial charge >= 0.3 is 0 Å². The van der Waals surface area contributed by atoms with Crippen molar-refractivity contribution in [2.24, 2.45) is 0 Å². The smallest absolute Gasteiger partial charge is 0.300 e. The molecule has 1 amide bonds. The van der Waals surface area contributed by atoms with Crippen LogP contribution < -0.4 is 19.1 Å². The summed E-state index contributed by atoms with van der Waals surface area (Å²) in [6.07, 6.45) is 0. The number of amides is 1. The van der Waals surface area contributed by atoms with Crippen LogP contribution in [-0.4, -0.2) is 38.1 Å². The van der Waals surface area contributed by atoms with Crippen molar-refractivity contribution in [2.75, 3.05) is 26.2 Å². The molecule has 4 rings (SSSR count). The molecule has 0 radical (unpaired) electrons. The van der Waals surface area contributed by atoms with Gasteiger partial charge in [0.05, 0.1) is 55.2 Å². The first-order valence-corrected chi connectivity index (χ1v) is 11.1. The van der Waals surface area contributed by atoms with Gasteiger partial charge in [-0.05, 0) is 36.4 Å². The summed E-state index contributed by atoms with van der Waals surface area (Å²) >= 11 is 6.31. The SMILES string of the molecule is COc1cc(OC)c(/C(O)=C2\C(=O)C(=O)N(c3ccc(C#N)cc3)C2c2ccccc2OC)cc1Cl. The van der Waals surface area contributed by atoms with Crippen LogP contribution in [0, 0.1) is 11.3 Å². The number of hydrogen-bond acceptors (Lipinski definition) is 7. The first-order chi connectivity index (χ1) is 17.4. The number of Topliss-reactive ketones (excluding diaryl/α,β-unsaturated/α-hetero) is 1. The quantitative estimate of drug-likeness (QED) is 0.290. The molecule has 1 unspecified atom stereocenters. The first kappa shape index (κ1) is 24.6. The molecule has 0 saturated carbocycles. The van der Waals surface area contributed by atoms with E-state index in [2.05, 4.69) is 0 Å². The number of benzene rings is 3. The number of hydrogen-bond donors (Lipinski definition) is 1. The van der Waals surface area contributed by atoms with Gasteiger partial charge in [-0.3, -0.25) is 14.5 Å². The van der Waals surface area contributed by atoms with Gasteiger partial charge in [-0.1, -0.05) is 29.8 Å². The zero-order valence-corrected chi connectivity index (χ0v) is 20.4. The molecule has 1 aliphatic rings. The lowest BCUT2D eigenvalue weighted by molar-refractivity contribution is -0.132. The zero-order chi connectivity index (χ0) is 26.0. The second-order valence-electron chi connectivity index (χ2n) is 7.76. The largest absolute Gasteiger partial charge is 0.507 e. The average Bonchev–Trinajstić information content (AvgIpc) is 3.17. The number of nitrogens with zero attached hydrogens (tertiary/aromatic N) is 2. The van der Waals surface area contributed by atoms with Crippen LogP contribution >= 0.6 is 11.6 Å². The first-order valence-electron chi connectivity index (χ1n) is 10.7. The maximum atomic E-state index is 13.4. The number of aliphatic hydroxyl groups excluding tert-OH is 1. The third kappa shape index (κ3) is 4.10. The monoisotopic (exact) mass is 504 g/mol. The number of ketones is 1. The molecule has 0 aromatic heterocycles. The Morgan fingerprint density at radius 3 is 2.19 bits per heavy atom. The molecule has 182 valence electrons. The van der Waals surface area contributed by atoms with E-state index < -0.39 is 23.5 Å². The molecule has 1 heterocycles. The van der Waals surface area contributed by atoms with Crippen molar-refractivity contribution < 1.29 is 28.9 Å². The number of para-hydroxylation sites is 1. The minimum atomic E-state index is -1.04. The number of rotatable bonds is 6. The Bertz CT molecular complexity index is 1430. The Morgan fingerprint density at radius 1 is 0.944 bits per heavy atom. The van der Waals surface area contributed by atoms with Gasteiger partial charge in [0.25, 0.3) is 11.7 Å². The number of halogens is 1. The van der Waals surface area contributed by atoms with Gasteiger partial charge in [0.15, 0.2) is 0 Å². The Balaban J connectivity index is 2.01. The van der Waals surface area contributed by atoms with Gasteiger partial charge in [0, 0.05) is 17.3 Å². The lowest BCUT2D eigenvalue weighted by atomic mass is 9.94. The number of ether oxygens (including phenoxy) is 3. The second-order valence-corrected chi connectivity index (χ2v) is 8.16. The van der Waals surface area contributed by atoms with Crippen LogP contribution in [0.5, 0.6) is 17.2 Å². The van der Waals surface area contributed by atoms with E-state index in [1.54, 1.807) is 48.5 Å². The van der Waals surface area contributed by atoms with E-state index in [0.29, 0.717) is 28.3 Å². The molecule has 0 spiro atoms. The Morgan fingerprint density at radius 2 is 1.58 bits per heavy atom. The summed E-state index contributed by atoms with van der Waals surface area (Å²) in [6.45, 7) is 0. The minimum absolute atomic E-state index is 0.112. The van der Waals surface area contributed by atoms with Gasteiger partial charge in [0.2, 0.25) is 0 Å². The number of nitriles is 1. The number of methoxy groups -OCH3 is 3. The third-order valence-electron chi connectivity index (χ3n) is 5.88. The summed E-state index contributed by atoms with van der Waals surface area (Å²) < 4.78 is 16.2. The molecule has 3 aromatic rings. The summed E-state index contributed by atoms with van der Waals surface area (Å²) in [5, 5.41) is 20.8. The maximum Gasteiger partial charge on any atom is 0.300 e. The van der Waals surface area contributed by atoms with Crippen molar-refractivity contribution in [3.05, 3.63) is 87.9 Å². The Hall–Kier alpha value is -4.48. The summed E-state index contributed by atoms with van der Waals surface area (Å²) in [5.74, 6) is -1.31. The van der Waals surface area contributed by atoms with E-state index in [1.165, 1.54) is 38.4 Å². The lowest BCUT2D eigenvalue weighted by Gasteiger charge is -2.26. The van der Waals surface area contributed by atoms with Crippen LogP contribution in [-0.2, 0) is 9.59 Å². The van der Waals surface area contributed by atoms with E-state index in [0.717, 1.165) is 0 Å². The molecule has 8 nitrogen and oxygen atoms in total. The predicted octanol–water partition coefficient (Wildman–Crippen LogP) is 4.86. The molecule has 0 bridgehead atoms. The van der Waals surface area contributed by atoms with Gasteiger partial charge in [-0.2, -0.15) is 5.26 Å². The Kier molecular flexibility index (Phi) is 6.86. The fourth-order valence-corrected chi connectivity index (χ4v) is 4.41. The van der Waals surface area contributed by atoms with Crippen molar-refractivity contribution in [3.8, 4) is 23.3 Å². The molecule has 1 N–H and O–H groups in total. The molecular weight excluding hydrogens is 484 g/mol. The highest BCUT2D eigenvalue weighted by atomic mass is 35.5. The van der Waals surface area contributed by atoms with Crippen LogP contribution in [0.4, 0.5) is 5.69 Å². The second kappa shape index (κ2) is 10.0. The van der Waals surface area contributed by atoms with Crippen molar-refractivity contribution in [2.45, 2.75) is 6.04 Å². The maximum absolute atomic E-state index is 13.4. The summed E-state index contributed by atoms with van der Waals surface area (Å²) in [7, 11) is 4.30. The summed E-state index contributed by atoms with van der Waals surface area (Å²) in [4.78, 5) is 28.0. The van der Waals surface area contributed by atoms with E-state index >= 15 is 0 Å². The van der Waals surface area contributed by atoms with Crippen LogP contribution in [0.1, 0.15) is 22.7 Å². The van der Waals surface area contributed by atoms with E-state index in [4.69, 9.17) is 31.1 Å². The predicted molar refractivity (Wildman–Crippen MR) is 133 cm³/mol. The van der Waals surface area contributed by atoms with Crippen molar-refractivity contribution >= 4 is 34.7 Å². The van der Waals surface area contributed by atoms with Gasteiger partial charge in [-0.15, -0.1) is 0 Å². The molecule has 1 aliphatic heterocycles. The average molecular weight is 505 g/mol. The van der Waals surface area contributed by atoms with E-state index in [9.17, 15) is 14.7 Å². The lowest BCUT2D eigenvalue weighted by Crippen LogP contribution is -2.29. The van der Waals surface area contributed by atoms with E-state index in [-0.39, 0.29) is 21.9 Å². The summed E-state index contributed by atoms with van der Waals surface area (Å²) in [6, 6.07) is 17.0. The standard InChI is InChI=1S/C27H21ClN2O6/c1-34-20-7-5-4-6-17(20)24-23(25(31)18-12-19(28)22(36-3)13-21(18)35-2)26(32)27(33)30(24)16-10-8-15(14-29)9-11-16/h4-13,24,31H,1-3H3/b25-23+. The third-order valence-corrected chi connectivity index (χ3v) is 6.18. The molecule has 1 saturated heterocycles. The molecule has 1 atom stereocenters. The highest BCUT2D eigenvalue weighted by Crippen LogP contribution is 2.46. The topological polar surface area (TPSA) is 109 Å². The zero-order valence-electron chi connectivity index (χ0n) is 19.6.